The highest BCUT2D eigenvalue weighted by atomic mass is 32.2. The summed E-state index contributed by atoms with van der Waals surface area (Å²) in [6.07, 6.45) is 0.869. The number of nitrogens with two attached hydrogens (primary N) is 1. The SMILES string of the molecule is N[C@@H]1CCN(C(=O)CN2CCSC2=O)C1. The van der Waals surface area contributed by atoms with Crippen molar-refractivity contribution in [1.82, 2.24) is 9.80 Å². The van der Waals surface area contributed by atoms with Gasteiger partial charge in [-0.2, -0.15) is 0 Å². The summed E-state index contributed by atoms with van der Waals surface area (Å²) in [4.78, 5) is 26.4. The van der Waals surface area contributed by atoms with Gasteiger partial charge in [0.2, 0.25) is 5.91 Å². The Morgan fingerprint density at radius 3 is 2.87 bits per heavy atom. The monoisotopic (exact) mass is 229 g/mol. The molecule has 0 radical (unpaired) electrons. The summed E-state index contributed by atoms with van der Waals surface area (Å²) in [5, 5.41) is 0.0202. The molecular weight excluding hydrogens is 214 g/mol. The highest BCUT2D eigenvalue weighted by molar-refractivity contribution is 8.13. The lowest BCUT2D eigenvalue weighted by atomic mass is 10.3. The lowest BCUT2D eigenvalue weighted by molar-refractivity contribution is -0.130. The second-order valence-corrected chi connectivity index (χ2v) is 4.97. The van der Waals surface area contributed by atoms with Crippen molar-refractivity contribution in [2.24, 2.45) is 5.73 Å². The van der Waals surface area contributed by atoms with E-state index in [1.54, 1.807) is 9.80 Å². The molecule has 0 aromatic carbocycles. The van der Waals surface area contributed by atoms with E-state index >= 15 is 0 Å². The number of amides is 2. The Hall–Kier alpha value is -0.750. The zero-order valence-corrected chi connectivity index (χ0v) is 9.33. The van der Waals surface area contributed by atoms with Crippen LogP contribution in [0, 0.1) is 0 Å². The third-order valence-electron chi connectivity index (χ3n) is 2.75. The summed E-state index contributed by atoms with van der Waals surface area (Å²) in [6, 6.07) is 0.109. The average Bonchev–Trinajstić information content (AvgIpc) is 2.77. The van der Waals surface area contributed by atoms with Crippen molar-refractivity contribution in [3.05, 3.63) is 0 Å². The maximum absolute atomic E-state index is 11.8. The van der Waals surface area contributed by atoms with Gasteiger partial charge in [-0.3, -0.25) is 9.59 Å². The lowest BCUT2D eigenvalue weighted by Gasteiger charge is -2.20. The van der Waals surface area contributed by atoms with E-state index < -0.39 is 0 Å². The molecule has 0 spiro atoms. The van der Waals surface area contributed by atoms with Gasteiger partial charge in [0.15, 0.2) is 0 Å². The number of carbonyl (C=O) groups excluding carboxylic acids is 2. The molecular formula is C9H15N3O2S. The van der Waals surface area contributed by atoms with Crippen LogP contribution in [0.15, 0.2) is 0 Å². The molecule has 2 N–H and O–H groups in total. The Labute approximate surface area is 93.0 Å². The van der Waals surface area contributed by atoms with Crippen molar-refractivity contribution in [1.29, 1.82) is 0 Å². The van der Waals surface area contributed by atoms with Gasteiger partial charge >= 0.3 is 0 Å². The van der Waals surface area contributed by atoms with E-state index in [-0.39, 0.29) is 23.7 Å². The molecule has 2 aliphatic rings. The normalized spacial score (nSPS) is 26.5. The van der Waals surface area contributed by atoms with E-state index in [2.05, 4.69) is 0 Å². The predicted octanol–water partition coefficient (Wildman–Crippen LogP) is -0.285. The zero-order valence-electron chi connectivity index (χ0n) is 8.52. The Morgan fingerprint density at radius 2 is 2.33 bits per heavy atom. The number of carbonyl (C=O) groups is 2. The fourth-order valence-corrected chi connectivity index (χ4v) is 2.67. The lowest BCUT2D eigenvalue weighted by Crippen LogP contribution is -2.40. The van der Waals surface area contributed by atoms with Crippen LogP contribution in [0.1, 0.15) is 6.42 Å². The van der Waals surface area contributed by atoms with Crippen molar-refractivity contribution >= 4 is 22.9 Å². The van der Waals surface area contributed by atoms with Gasteiger partial charge in [-0.15, -0.1) is 0 Å². The van der Waals surface area contributed by atoms with Crippen LogP contribution in [0.2, 0.25) is 0 Å². The molecule has 5 nitrogen and oxygen atoms in total. The molecule has 0 bridgehead atoms. The van der Waals surface area contributed by atoms with Crippen molar-refractivity contribution in [2.45, 2.75) is 12.5 Å². The number of nitrogens with zero attached hydrogens (tertiary/aromatic N) is 2. The van der Waals surface area contributed by atoms with Crippen molar-refractivity contribution in [2.75, 3.05) is 31.9 Å². The van der Waals surface area contributed by atoms with Gasteiger partial charge in [0.1, 0.15) is 6.54 Å². The standard InChI is InChI=1S/C9H15N3O2S/c10-7-1-2-11(5-7)8(13)6-12-3-4-15-9(12)14/h7H,1-6,10H2/t7-/m1/s1. The number of likely N-dealkylation sites (tertiary alicyclic amines) is 1. The molecule has 2 amide bonds. The Balaban J connectivity index is 1.84. The van der Waals surface area contributed by atoms with Gasteiger partial charge in [0.25, 0.3) is 5.24 Å². The van der Waals surface area contributed by atoms with Crippen molar-refractivity contribution in [3.63, 3.8) is 0 Å². The van der Waals surface area contributed by atoms with E-state index in [0.717, 1.165) is 18.7 Å². The molecule has 6 heteroatoms. The fraction of sp³-hybridized carbons (Fsp3) is 0.778. The third kappa shape index (κ3) is 2.43. The van der Waals surface area contributed by atoms with Crippen LogP contribution in [0.5, 0.6) is 0 Å². The first-order valence-electron chi connectivity index (χ1n) is 5.12. The minimum atomic E-state index is 0.0202. The van der Waals surface area contributed by atoms with Crippen molar-refractivity contribution in [3.8, 4) is 0 Å². The zero-order chi connectivity index (χ0) is 10.8. The summed E-state index contributed by atoms with van der Waals surface area (Å²) < 4.78 is 0. The molecule has 2 rings (SSSR count). The van der Waals surface area contributed by atoms with Gasteiger partial charge < -0.3 is 15.5 Å². The van der Waals surface area contributed by atoms with Crippen LogP contribution < -0.4 is 5.73 Å². The summed E-state index contributed by atoms with van der Waals surface area (Å²) in [5.41, 5.74) is 5.72. The molecule has 0 aromatic rings. The molecule has 15 heavy (non-hydrogen) atoms. The predicted molar refractivity (Wildman–Crippen MR) is 58.6 cm³/mol. The van der Waals surface area contributed by atoms with Gasteiger partial charge in [0, 0.05) is 31.4 Å². The average molecular weight is 229 g/mol. The third-order valence-corrected chi connectivity index (χ3v) is 3.64. The first-order chi connectivity index (χ1) is 7.16. The van der Waals surface area contributed by atoms with Crippen LogP contribution in [-0.2, 0) is 4.79 Å². The Morgan fingerprint density at radius 1 is 1.53 bits per heavy atom. The molecule has 0 saturated carbocycles. The summed E-state index contributed by atoms with van der Waals surface area (Å²) in [7, 11) is 0. The van der Waals surface area contributed by atoms with E-state index in [1.165, 1.54) is 11.8 Å². The number of hydrogen-bond acceptors (Lipinski definition) is 4. The maximum Gasteiger partial charge on any atom is 0.282 e. The van der Waals surface area contributed by atoms with Crippen LogP contribution in [0.3, 0.4) is 0 Å². The smallest absolute Gasteiger partial charge is 0.282 e. The Kier molecular flexibility index (Phi) is 3.16. The summed E-state index contributed by atoms with van der Waals surface area (Å²) in [5.74, 6) is 0.824. The summed E-state index contributed by atoms with van der Waals surface area (Å²) >= 11 is 1.28. The highest BCUT2D eigenvalue weighted by Crippen LogP contribution is 2.17. The molecule has 0 unspecified atom stereocenters. The fourth-order valence-electron chi connectivity index (χ4n) is 1.85. The topological polar surface area (TPSA) is 66.6 Å². The van der Waals surface area contributed by atoms with E-state index in [4.69, 9.17) is 5.73 Å². The highest BCUT2D eigenvalue weighted by Gasteiger charge is 2.28. The quantitative estimate of drug-likeness (QED) is 0.707. The summed E-state index contributed by atoms with van der Waals surface area (Å²) in [6.45, 7) is 2.27. The van der Waals surface area contributed by atoms with E-state index in [9.17, 15) is 9.59 Å². The molecule has 1 atom stereocenters. The van der Waals surface area contributed by atoms with Gasteiger partial charge in [0.05, 0.1) is 0 Å². The molecule has 0 aliphatic carbocycles. The van der Waals surface area contributed by atoms with Crippen LogP contribution in [-0.4, -0.2) is 58.9 Å². The van der Waals surface area contributed by atoms with Crippen LogP contribution in [0.4, 0.5) is 4.79 Å². The minimum Gasteiger partial charge on any atom is -0.340 e. The molecule has 0 aromatic heterocycles. The van der Waals surface area contributed by atoms with E-state index in [1.807, 2.05) is 0 Å². The molecule has 2 fully saturated rings. The maximum atomic E-state index is 11.8. The molecule has 2 saturated heterocycles. The molecule has 2 aliphatic heterocycles. The number of thioether (sulfide) groups is 1. The second-order valence-electron chi connectivity index (χ2n) is 3.92. The second kappa shape index (κ2) is 4.40. The first kappa shape index (κ1) is 10.8. The molecule has 2 heterocycles. The first-order valence-corrected chi connectivity index (χ1v) is 6.10. The van der Waals surface area contributed by atoms with Gasteiger partial charge in [-0.1, -0.05) is 11.8 Å². The van der Waals surface area contributed by atoms with Crippen molar-refractivity contribution < 1.29 is 9.59 Å². The minimum absolute atomic E-state index is 0.0202. The van der Waals surface area contributed by atoms with Crippen LogP contribution >= 0.6 is 11.8 Å². The largest absolute Gasteiger partial charge is 0.340 e. The molecule has 84 valence electrons. The van der Waals surface area contributed by atoms with Gasteiger partial charge in [-0.25, -0.2) is 0 Å². The van der Waals surface area contributed by atoms with Crippen LogP contribution in [0.25, 0.3) is 0 Å². The van der Waals surface area contributed by atoms with E-state index in [0.29, 0.717) is 13.1 Å². The number of rotatable bonds is 2. The number of hydrogen-bond donors (Lipinski definition) is 1. The van der Waals surface area contributed by atoms with Gasteiger partial charge in [-0.05, 0) is 6.42 Å². The Bertz CT molecular complexity index is 285.